The van der Waals surface area contributed by atoms with Gasteiger partial charge in [0.1, 0.15) is 5.82 Å². The second-order valence-corrected chi connectivity index (χ2v) is 6.66. The van der Waals surface area contributed by atoms with Crippen molar-refractivity contribution in [1.29, 1.82) is 0 Å². The van der Waals surface area contributed by atoms with E-state index in [0.29, 0.717) is 5.82 Å². The van der Waals surface area contributed by atoms with E-state index in [1.165, 1.54) is 10.4 Å². The first-order chi connectivity index (χ1) is 10.7. The van der Waals surface area contributed by atoms with Gasteiger partial charge in [-0.1, -0.05) is 0 Å². The molecule has 1 saturated heterocycles. The highest BCUT2D eigenvalue weighted by atomic mass is 32.1. The highest BCUT2D eigenvalue weighted by Gasteiger charge is 2.21. The van der Waals surface area contributed by atoms with Gasteiger partial charge in [-0.25, -0.2) is 9.97 Å². The van der Waals surface area contributed by atoms with Gasteiger partial charge < -0.3 is 10.5 Å². The molecule has 1 aliphatic rings. The van der Waals surface area contributed by atoms with Crippen LogP contribution in [-0.4, -0.2) is 40.7 Å². The Hall–Kier alpha value is -1.50. The lowest BCUT2D eigenvalue weighted by atomic mass is 10.1. The number of pyridine rings is 1. The highest BCUT2D eigenvalue weighted by Crippen LogP contribution is 2.19. The normalized spacial score (nSPS) is 19.4. The van der Waals surface area contributed by atoms with Gasteiger partial charge in [0.05, 0.1) is 23.9 Å². The van der Waals surface area contributed by atoms with E-state index in [0.717, 1.165) is 44.8 Å². The molecule has 3 rings (SSSR count). The minimum Gasteiger partial charge on any atom is -0.384 e. The fourth-order valence-corrected chi connectivity index (χ4v) is 3.58. The van der Waals surface area contributed by atoms with Gasteiger partial charge in [0, 0.05) is 30.7 Å². The van der Waals surface area contributed by atoms with Crippen LogP contribution in [0.25, 0.3) is 0 Å². The van der Waals surface area contributed by atoms with Crippen LogP contribution >= 0.6 is 11.3 Å². The molecule has 0 saturated carbocycles. The molecule has 5 nitrogen and oxygen atoms in total. The Morgan fingerprint density at radius 1 is 1.45 bits per heavy atom. The van der Waals surface area contributed by atoms with E-state index >= 15 is 0 Å². The number of nitrogens with two attached hydrogens (primary N) is 1. The van der Waals surface area contributed by atoms with Crippen molar-refractivity contribution in [2.45, 2.75) is 32.4 Å². The van der Waals surface area contributed by atoms with Crippen molar-refractivity contribution in [1.82, 2.24) is 14.9 Å². The Balaban J connectivity index is 1.51. The van der Waals surface area contributed by atoms with E-state index in [9.17, 15) is 0 Å². The van der Waals surface area contributed by atoms with Crippen LogP contribution in [0.15, 0.2) is 23.8 Å². The number of hydrogen-bond acceptors (Lipinski definition) is 6. The van der Waals surface area contributed by atoms with E-state index in [2.05, 4.69) is 21.8 Å². The van der Waals surface area contributed by atoms with Crippen molar-refractivity contribution in [3.8, 4) is 0 Å². The number of aryl methyl sites for hydroxylation is 2. The lowest BCUT2D eigenvalue weighted by Gasteiger charge is -2.32. The minimum absolute atomic E-state index is 0.288. The quantitative estimate of drug-likeness (QED) is 0.916. The fourth-order valence-electron chi connectivity index (χ4n) is 2.76. The van der Waals surface area contributed by atoms with E-state index in [-0.39, 0.29) is 6.10 Å². The fraction of sp³-hybridized carbons (Fsp3) is 0.500. The van der Waals surface area contributed by atoms with Crippen molar-refractivity contribution in [3.05, 3.63) is 40.0 Å². The third kappa shape index (κ3) is 4.03. The standard InChI is InChI=1S/C16H22N4OS/c1-12-15(22-11-19-12)10-20-6-7-21-14(9-20)3-2-13-4-5-18-16(17)8-13/h4-5,8,11,14H,2-3,6-7,9-10H2,1H3,(H2,17,18). The van der Waals surface area contributed by atoms with Gasteiger partial charge in [-0.15, -0.1) is 11.3 Å². The Labute approximate surface area is 135 Å². The zero-order valence-electron chi connectivity index (χ0n) is 12.9. The molecule has 2 N–H and O–H groups in total. The average Bonchev–Trinajstić information content (AvgIpc) is 2.91. The van der Waals surface area contributed by atoms with Gasteiger partial charge in [-0.2, -0.15) is 0 Å². The number of thiazole rings is 1. The van der Waals surface area contributed by atoms with Gasteiger partial charge in [0.15, 0.2) is 0 Å². The molecular weight excluding hydrogens is 296 g/mol. The molecule has 0 aliphatic carbocycles. The summed E-state index contributed by atoms with van der Waals surface area (Å²) in [7, 11) is 0. The summed E-state index contributed by atoms with van der Waals surface area (Å²) >= 11 is 1.74. The predicted octanol–water partition coefficient (Wildman–Crippen LogP) is 2.26. The first-order valence-electron chi connectivity index (χ1n) is 7.64. The van der Waals surface area contributed by atoms with Crippen LogP contribution in [0.4, 0.5) is 5.82 Å². The smallest absolute Gasteiger partial charge is 0.123 e. The van der Waals surface area contributed by atoms with Crippen LogP contribution in [0.3, 0.4) is 0 Å². The summed E-state index contributed by atoms with van der Waals surface area (Å²) in [6, 6.07) is 3.97. The Kier molecular flexibility index (Phi) is 5.02. The second-order valence-electron chi connectivity index (χ2n) is 5.72. The molecule has 0 amide bonds. The maximum absolute atomic E-state index is 5.91. The van der Waals surface area contributed by atoms with E-state index in [1.54, 1.807) is 17.5 Å². The van der Waals surface area contributed by atoms with Crippen LogP contribution in [0, 0.1) is 6.92 Å². The summed E-state index contributed by atoms with van der Waals surface area (Å²) < 4.78 is 5.91. The molecule has 2 aromatic rings. The summed E-state index contributed by atoms with van der Waals surface area (Å²) in [6.07, 6.45) is 4.05. The topological polar surface area (TPSA) is 64.3 Å². The Morgan fingerprint density at radius 3 is 3.14 bits per heavy atom. The molecule has 1 unspecified atom stereocenters. The van der Waals surface area contributed by atoms with Crippen molar-refractivity contribution in [3.63, 3.8) is 0 Å². The summed E-state index contributed by atoms with van der Waals surface area (Å²) in [6.45, 7) is 5.85. The number of hydrogen-bond donors (Lipinski definition) is 1. The molecular formula is C16H22N4OS. The molecule has 0 aromatic carbocycles. The largest absolute Gasteiger partial charge is 0.384 e. The summed E-state index contributed by atoms with van der Waals surface area (Å²) in [5, 5.41) is 0. The molecule has 0 radical (unpaired) electrons. The second kappa shape index (κ2) is 7.17. The summed E-state index contributed by atoms with van der Waals surface area (Å²) in [5.41, 5.74) is 10.0. The molecule has 1 fully saturated rings. The van der Waals surface area contributed by atoms with E-state index in [4.69, 9.17) is 10.5 Å². The number of morpholine rings is 1. The molecule has 3 heterocycles. The van der Waals surface area contributed by atoms with Gasteiger partial charge in [-0.3, -0.25) is 4.90 Å². The maximum Gasteiger partial charge on any atom is 0.123 e. The van der Waals surface area contributed by atoms with Crippen molar-refractivity contribution >= 4 is 17.2 Å². The monoisotopic (exact) mass is 318 g/mol. The molecule has 1 atom stereocenters. The molecule has 0 spiro atoms. The number of anilines is 1. The van der Waals surface area contributed by atoms with Crippen LogP contribution in [0.1, 0.15) is 22.6 Å². The maximum atomic E-state index is 5.91. The molecule has 2 aromatic heterocycles. The SMILES string of the molecule is Cc1ncsc1CN1CCOC(CCc2ccnc(N)c2)C1. The van der Waals surface area contributed by atoms with Crippen LogP contribution in [-0.2, 0) is 17.7 Å². The molecule has 118 valence electrons. The number of ether oxygens (including phenoxy) is 1. The third-order valence-electron chi connectivity index (χ3n) is 4.04. The van der Waals surface area contributed by atoms with Crippen molar-refractivity contribution in [2.24, 2.45) is 0 Å². The predicted molar refractivity (Wildman–Crippen MR) is 88.8 cm³/mol. The molecule has 1 aliphatic heterocycles. The number of nitrogen functional groups attached to an aromatic ring is 1. The Morgan fingerprint density at radius 2 is 2.36 bits per heavy atom. The van der Waals surface area contributed by atoms with Crippen LogP contribution in [0.5, 0.6) is 0 Å². The molecule has 22 heavy (non-hydrogen) atoms. The van der Waals surface area contributed by atoms with Crippen molar-refractivity contribution < 1.29 is 4.74 Å². The average molecular weight is 318 g/mol. The molecule has 6 heteroatoms. The van der Waals surface area contributed by atoms with Gasteiger partial charge in [0.25, 0.3) is 0 Å². The first-order valence-corrected chi connectivity index (χ1v) is 8.52. The zero-order valence-corrected chi connectivity index (χ0v) is 13.7. The van der Waals surface area contributed by atoms with Crippen molar-refractivity contribution in [2.75, 3.05) is 25.4 Å². The Bertz CT molecular complexity index is 616. The zero-order chi connectivity index (χ0) is 15.4. The van der Waals surface area contributed by atoms with Gasteiger partial charge >= 0.3 is 0 Å². The van der Waals surface area contributed by atoms with Gasteiger partial charge in [0.2, 0.25) is 0 Å². The van der Waals surface area contributed by atoms with E-state index in [1.807, 2.05) is 17.6 Å². The lowest BCUT2D eigenvalue weighted by molar-refractivity contribution is -0.0343. The summed E-state index contributed by atoms with van der Waals surface area (Å²) in [5.74, 6) is 0.587. The lowest BCUT2D eigenvalue weighted by Crippen LogP contribution is -2.42. The minimum atomic E-state index is 0.288. The molecule has 0 bridgehead atoms. The van der Waals surface area contributed by atoms with E-state index < -0.39 is 0 Å². The number of nitrogens with zero attached hydrogens (tertiary/aromatic N) is 3. The number of rotatable bonds is 5. The van der Waals surface area contributed by atoms with Gasteiger partial charge in [-0.05, 0) is 37.5 Å². The first kappa shape index (κ1) is 15.4. The summed E-state index contributed by atoms with van der Waals surface area (Å²) in [4.78, 5) is 12.2. The highest BCUT2D eigenvalue weighted by molar-refractivity contribution is 7.09. The van der Waals surface area contributed by atoms with Crippen LogP contribution < -0.4 is 5.73 Å². The van der Waals surface area contributed by atoms with Crippen LogP contribution in [0.2, 0.25) is 0 Å². The number of aromatic nitrogens is 2. The third-order valence-corrected chi connectivity index (χ3v) is 4.96.